The Labute approximate surface area is 144 Å². The first-order valence-corrected chi connectivity index (χ1v) is 8.74. The van der Waals surface area contributed by atoms with Crippen LogP contribution in [0.1, 0.15) is 43.7 Å². The Bertz CT molecular complexity index is 607. The molecule has 132 valence electrons. The van der Waals surface area contributed by atoms with E-state index >= 15 is 0 Å². The van der Waals surface area contributed by atoms with E-state index in [0.717, 1.165) is 36.9 Å². The van der Waals surface area contributed by atoms with Crippen LogP contribution in [0.3, 0.4) is 0 Å². The van der Waals surface area contributed by atoms with Crippen LogP contribution in [0.2, 0.25) is 0 Å². The number of carbonyl (C=O) groups excluding carboxylic acids is 2. The minimum absolute atomic E-state index is 0.00366. The Balaban J connectivity index is 2.06. The molecule has 0 heterocycles. The van der Waals surface area contributed by atoms with Crippen molar-refractivity contribution < 1.29 is 9.59 Å². The first-order valence-electron chi connectivity index (χ1n) is 8.74. The minimum atomic E-state index is -0.511. The molecule has 2 amide bonds. The predicted octanol–water partition coefficient (Wildman–Crippen LogP) is 2.51. The molecule has 4 N–H and O–H groups in total. The molecule has 5 nitrogen and oxygen atoms in total. The van der Waals surface area contributed by atoms with E-state index in [-0.39, 0.29) is 17.7 Å². The van der Waals surface area contributed by atoms with Gasteiger partial charge in [0.15, 0.2) is 0 Å². The monoisotopic (exact) mass is 331 g/mol. The van der Waals surface area contributed by atoms with Gasteiger partial charge in [0.05, 0.1) is 5.41 Å². The number of benzene rings is 1. The maximum Gasteiger partial charge on any atom is 0.232 e. The third kappa shape index (κ3) is 4.15. The molecule has 0 saturated heterocycles. The van der Waals surface area contributed by atoms with Crippen molar-refractivity contribution in [2.45, 2.75) is 46.5 Å². The molecule has 1 aromatic carbocycles. The molecular weight excluding hydrogens is 302 g/mol. The van der Waals surface area contributed by atoms with Crippen molar-refractivity contribution >= 4 is 17.5 Å². The number of anilines is 1. The fourth-order valence-electron chi connectivity index (χ4n) is 3.16. The molecule has 0 spiro atoms. The van der Waals surface area contributed by atoms with Crippen molar-refractivity contribution in [2.75, 3.05) is 18.4 Å². The number of nitrogens with one attached hydrogen (secondary N) is 2. The summed E-state index contributed by atoms with van der Waals surface area (Å²) in [6.45, 7) is 6.57. The van der Waals surface area contributed by atoms with Crippen LogP contribution >= 0.6 is 0 Å². The SMILES string of the molecule is Cc1ccc(NC(=O)C2(CNC(=O)C(C)CN)CCCC2)cc1C. The summed E-state index contributed by atoms with van der Waals surface area (Å²) in [5.74, 6) is -0.307. The average molecular weight is 331 g/mol. The lowest BCUT2D eigenvalue weighted by Gasteiger charge is -2.28. The molecule has 1 saturated carbocycles. The maximum absolute atomic E-state index is 12.9. The second kappa shape index (κ2) is 7.79. The molecule has 1 fully saturated rings. The minimum Gasteiger partial charge on any atom is -0.355 e. The molecular formula is C19H29N3O2. The highest BCUT2D eigenvalue weighted by Gasteiger charge is 2.41. The van der Waals surface area contributed by atoms with Crippen LogP contribution in [0.15, 0.2) is 18.2 Å². The van der Waals surface area contributed by atoms with Crippen LogP contribution in [0.4, 0.5) is 5.69 Å². The lowest BCUT2D eigenvalue weighted by atomic mass is 9.84. The Morgan fingerprint density at radius 2 is 1.88 bits per heavy atom. The van der Waals surface area contributed by atoms with Gasteiger partial charge in [-0.05, 0) is 49.9 Å². The van der Waals surface area contributed by atoms with Crippen LogP contribution in [0.25, 0.3) is 0 Å². The van der Waals surface area contributed by atoms with Gasteiger partial charge in [-0.3, -0.25) is 9.59 Å². The van der Waals surface area contributed by atoms with E-state index in [1.54, 1.807) is 6.92 Å². The number of amides is 2. The summed E-state index contributed by atoms with van der Waals surface area (Å²) >= 11 is 0. The first-order chi connectivity index (χ1) is 11.4. The number of rotatable bonds is 6. The Morgan fingerprint density at radius 3 is 2.46 bits per heavy atom. The summed E-state index contributed by atoms with van der Waals surface area (Å²) in [5.41, 5.74) is 8.19. The van der Waals surface area contributed by atoms with Crippen molar-refractivity contribution in [1.82, 2.24) is 5.32 Å². The number of aryl methyl sites for hydroxylation is 2. The molecule has 0 aliphatic heterocycles. The van der Waals surface area contributed by atoms with E-state index in [0.29, 0.717) is 13.1 Å². The zero-order chi connectivity index (χ0) is 17.7. The number of hydrogen-bond acceptors (Lipinski definition) is 3. The van der Waals surface area contributed by atoms with E-state index < -0.39 is 5.41 Å². The summed E-state index contributed by atoms with van der Waals surface area (Å²) in [6, 6.07) is 5.93. The highest BCUT2D eigenvalue weighted by molar-refractivity contribution is 5.96. The van der Waals surface area contributed by atoms with Gasteiger partial charge in [-0.15, -0.1) is 0 Å². The third-order valence-electron chi connectivity index (χ3n) is 5.21. The largest absolute Gasteiger partial charge is 0.355 e. The van der Waals surface area contributed by atoms with Gasteiger partial charge in [0, 0.05) is 24.7 Å². The van der Waals surface area contributed by atoms with Gasteiger partial charge in [0.2, 0.25) is 11.8 Å². The summed E-state index contributed by atoms with van der Waals surface area (Å²) in [6.07, 6.45) is 3.65. The molecule has 1 aliphatic carbocycles. The van der Waals surface area contributed by atoms with Crippen molar-refractivity contribution in [2.24, 2.45) is 17.1 Å². The predicted molar refractivity (Wildman–Crippen MR) is 96.7 cm³/mol. The van der Waals surface area contributed by atoms with Crippen LogP contribution in [-0.4, -0.2) is 24.9 Å². The first kappa shape index (κ1) is 18.5. The molecule has 24 heavy (non-hydrogen) atoms. The lowest BCUT2D eigenvalue weighted by molar-refractivity contribution is -0.127. The second-order valence-corrected chi connectivity index (χ2v) is 7.10. The maximum atomic E-state index is 12.9. The molecule has 1 aliphatic rings. The smallest absolute Gasteiger partial charge is 0.232 e. The van der Waals surface area contributed by atoms with Crippen molar-refractivity contribution in [3.8, 4) is 0 Å². The van der Waals surface area contributed by atoms with Crippen LogP contribution < -0.4 is 16.4 Å². The number of nitrogens with two attached hydrogens (primary N) is 1. The standard InChI is InChI=1S/C19H29N3O2/c1-13-6-7-16(10-14(13)2)22-18(24)19(8-4-5-9-19)12-21-17(23)15(3)11-20/h6-7,10,15H,4-5,8-9,11-12,20H2,1-3H3,(H,21,23)(H,22,24). The zero-order valence-electron chi connectivity index (χ0n) is 14.9. The molecule has 5 heteroatoms. The molecule has 1 unspecified atom stereocenters. The summed E-state index contributed by atoms with van der Waals surface area (Å²) in [7, 11) is 0. The van der Waals surface area contributed by atoms with Gasteiger partial charge in [-0.1, -0.05) is 25.8 Å². The molecule has 2 rings (SSSR count). The van der Waals surface area contributed by atoms with E-state index in [2.05, 4.69) is 10.6 Å². The van der Waals surface area contributed by atoms with E-state index in [9.17, 15) is 9.59 Å². The Morgan fingerprint density at radius 1 is 1.21 bits per heavy atom. The van der Waals surface area contributed by atoms with Gasteiger partial charge in [0.25, 0.3) is 0 Å². The topological polar surface area (TPSA) is 84.2 Å². The van der Waals surface area contributed by atoms with Crippen molar-refractivity contribution in [3.05, 3.63) is 29.3 Å². The van der Waals surface area contributed by atoms with Crippen molar-refractivity contribution in [3.63, 3.8) is 0 Å². The third-order valence-corrected chi connectivity index (χ3v) is 5.21. The van der Waals surface area contributed by atoms with Gasteiger partial charge in [-0.2, -0.15) is 0 Å². The van der Waals surface area contributed by atoms with Crippen LogP contribution in [0.5, 0.6) is 0 Å². The number of hydrogen-bond donors (Lipinski definition) is 3. The van der Waals surface area contributed by atoms with Crippen molar-refractivity contribution in [1.29, 1.82) is 0 Å². The zero-order valence-corrected chi connectivity index (χ0v) is 14.9. The van der Waals surface area contributed by atoms with Gasteiger partial charge in [0.1, 0.15) is 0 Å². The second-order valence-electron chi connectivity index (χ2n) is 7.10. The van der Waals surface area contributed by atoms with Gasteiger partial charge in [-0.25, -0.2) is 0 Å². The average Bonchev–Trinajstić information content (AvgIpc) is 3.05. The molecule has 1 atom stereocenters. The highest BCUT2D eigenvalue weighted by atomic mass is 16.2. The van der Waals surface area contributed by atoms with Crippen LogP contribution in [0, 0.1) is 25.2 Å². The van der Waals surface area contributed by atoms with E-state index in [4.69, 9.17) is 5.73 Å². The molecule has 1 aromatic rings. The Kier molecular flexibility index (Phi) is 5.99. The molecule has 0 bridgehead atoms. The molecule has 0 aromatic heterocycles. The molecule has 0 radical (unpaired) electrons. The quantitative estimate of drug-likeness (QED) is 0.749. The normalized spacial score (nSPS) is 17.3. The highest BCUT2D eigenvalue weighted by Crippen LogP contribution is 2.38. The summed E-state index contributed by atoms with van der Waals surface area (Å²) in [4.78, 5) is 24.9. The van der Waals surface area contributed by atoms with Crippen LogP contribution in [-0.2, 0) is 9.59 Å². The summed E-state index contributed by atoms with van der Waals surface area (Å²) in [5, 5.41) is 5.97. The van der Waals surface area contributed by atoms with E-state index in [1.807, 2.05) is 32.0 Å². The summed E-state index contributed by atoms with van der Waals surface area (Å²) < 4.78 is 0. The lowest BCUT2D eigenvalue weighted by Crippen LogP contribution is -2.46. The fourth-order valence-corrected chi connectivity index (χ4v) is 3.16. The van der Waals surface area contributed by atoms with E-state index in [1.165, 1.54) is 5.56 Å². The Hall–Kier alpha value is -1.88. The number of carbonyl (C=O) groups is 2. The fraction of sp³-hybridized carbons (Fsp3) is 0.579. The van der Waals surface area contributed by atoms with Gasteiger partial charge >= 0.3 is 0 Å². The van der Waals surface area contributed by atoms with Gasteiger partial charge < -0.3 is 16.4 Å².